The number of aromatic nitrogens is 3. The molecule has 0 radical (unpaired) electrons. The van der Waals surface area contributed by atoms with Gasteiger partial charge in [-0.25, -0.2) is 0 Å². The molecule has 0 bridgehead atoms. The van der Waals surface area contributed by atoms with E-state index in [1.54, 1.807) is 6.92 Å². The number of aromatic amines is 1. The van der Waals surface area contributed by atoms with Gasteiger partial charge >= 0.3 is 0 Å². The predicted molar refractivity (Wildman–Crippen MR) is 74.6 cm³/mol. The Morgan fingerprint density at radius 2 is 1.84 bits per heavy atom. The fraction of sp³-hybridized carbons (Fsp3) is 0.0714. The summed E-state index contributed by atoms with van der Waals surface area (Å²) in [4.78, 5) is 14.1. The molecule has 0 aliphatic carbocycles. The predicted octanol–water partition coefficient (Wildman–Crippen LogP) is 2.37. The summed E-state index contributed by atoms with van der Waals surface area (Å²) in [6.45, 7) is 1.62. The van der Waals surface area contributed by atoms with Crippen molar-refractivity contribution in [1.82, 2.24) is 15.2 Å². The van der Waals surface area contributed by atoms with E-state index in [-0.39, 0.29) is 5.56 Å². The van der Waals surface area contributed by atoms with Crippen LogP contribution in [-0.2, 0) is 0 Å². The van der Waals surface area contributed by atoms with Gasteiger partial charge in [0.25, 0.3) is 5.56 Å². The number of fused-ring (bicyclic) bond motifs is 1. The van der Waals surface area contributed by atoms with Crippen molar-refractivity contribution in [3.63, 3.8) is 0 Å². The van der Waals surface area contributed by atoms with E-state index in [0.29, 0.717) is 11.6 Å². The Morgan fingerprint density at radius 3 is 2.68 bits per heavy atom. The molecule has 0 unspecified atom stereocenters. The average molecular weight is 252 g/mol. The van der Waals surface area contributed by atoms with Gasteiger partial charge in [-0.15, -0.1) is 10.2 Å². The van der Waals surface area contributed by atoms with Crippen LogP contribution >= 0.6 is 0 Å². The van der Waals surface area contributed by atoms with E-state index < -0.39 is 0 Å². The first-order valence-electron chi connectivity index (χ1n) is 5.92. The molecule has 0 aliphatic rings. The topological polar surface area (TPSA) is 70.7 Å². The second kappa shape index (κ2) is 4.53. The molecular formula is C14H12N4O. The van der Waals surface area contributed by atoms with Crippen molar-refractivity contribution in [2.45, 2.75) is 6.92 Å². The molecule has 94 valence electrons. The molecule has 2 N–H and O–H groups in total. The maximum atomic E-state index is 11.5. The minimum atomic E-state index is -0.238. The maximum absolute atomic E-state index is 11.5. The summed E-state index contributed by atoms with van der Waals surface area (Å²) in [6, 6.07) is 13.9. The van der Waals surface area contributed by atoms with Crippen LogP contribution in [0.15, 0.2) is 47.3 Å². The van der Waals surface area contributed by atoms with E-state index in [9.17, 15) is 4.79 Å². The highest BCUT2D eigenvalue weighted by Gasteiger charge is 2.03. The lowest BCUT2D eigenvalue weighted by Crippen LogP contribution is -2.15. The molecule has 0 fully saturated rings. The standard InChI is InChI=1S/C14H12N4O/c1-9-13(19)16-14(18-17-9)15-12-8-4-6-10-5-2-3-7-11(10)12/h2-8H,1H3,(H2,15,16,18,19). The third-order valence-electron chi connectivity index (χ3n) is 2.90. The van der Waals surface area contributed by atoms with E-state index in [2.05, 4.69) is 20.5 Å². The van der Waals surface area contributed by atoms with Crippen molar-refractivity contribution >= 4 is 22.4 Å². The molecule has 0 spiro atoms. The quantitative estimate of drug-likeness (QED) is 0.734. The lowest BCUT2D eigenvalue weighted by atomic mass is 10.1. The zero-order chi connectivity index (χ0) is 13.2. The summed E-state index contributed by atoms with van der Waals surface area (Å²) in [5, 5.41) is 13.0. The lowest BCUT2D eigenvalue weighted by molar-refractivity contribution is 0.908. The summed E-state index contributed by atoms with van der Waals surface area (Å²) in [5.41, 5.74) is 0.994. The number of hydrogen-bond acceptors (Lipinski definition) is 4. The van der Waals surface area contributed by atoms with Gasteiger partial charge < -0.3 is 5.32 Å². The first-order valence-corrected chi connectivity index (χ1v) is 5.92. The number of hydrogen-bond donors (Lipinski definition) is 2. The van der Waals surface area contributed by atoms with Crippen LogP contribution in [0.2, 0.25) is 0 Å². The van der Waals surface area contributed by atoms with Crippen molar-refractivity contribution in [2.24, 2.45) is 0 Å². The summed E-state index contributed by atoms with van der Waals surface area (Å²) in [6.07, 6.45) is 0. The number of benzene rings is 2. The Labute approximate surface area is 109 Å². The number of nitrogens with zero attached hydrogens (tertiary/aromatic N) is 2. The average Bonchev–Trinajstić information content (AvgIpc) is 2.43. The Balaban J connectivity index is 2.05. The molecule has 19 heavy (non-hydrogen) atoms. The fourth-order valence-electron chi connectivity index (χ4n) is 1.91. The fourth-order valence-corrected chi connectivity index (χ4v) is 1.91. The minimum Gasteiger partial charge on any atom is -0.324 e. The SMILES string of the molecule is Cc1nnc(Nc2cccc3ccccc23)[nH]c1=O. The van der Waals surface area contributed by atoms with Gasteiger partial charge in [0, 0.05) is 11.1 Å². The van der Waals surface area contributed by atoms with E-state index in [4.69, 9.17) is 0 Å². The van der Waals surface area contributed by atoms with E-state index in [0.717, 1.165) is 16.5 Å². The van der Waals surface area contributed by atoms with Crippen LogP contribution in [-0.4, -0.2) is 15.2 Å². The zero-order valence-electron chi connectivity index (χ0n) is 10.3. The van der Waals surface area contributed by atoms with Crippen LogP contribution in [0.4, 0.5) is 11.6 Å². The van der Waals surface area contributed by atoms with Gasteiger partial charge in [0.2, 0.25) is 5.95 Å². The molecule has 0 aliphatic heterocycles. The van der Waals surface area contributed by atoms with Gasteiger partial charge in [-0.3, -0.25) is 9.78 Å². The van der Waals surface area contributed by atoms with E-state index in [1.807, 2.05) is 42.5 Å². The monoisotopic (exact) mass is 252 g/mol. The molecule has 0 saturated carbocycles. The van der Waals surface area contributed by atoms with Crippen LogP contribution in [0.1, 0.15) is 5.69 Å². The lowest BCUT2D eigenvalue weighted by Gasteiger charge is -2.08. The number of anilines is 2. The molecule has 0 saturated heterocycles. The first kappa shape index (κ1) is 11.4. The molecule has 3 rings (SSSR count). The number of aryl methyl sites for hydroxylation is 1. The van der Waals surface area contributed by atoms with Gasteiger partial charge in [-0.1, -0.05) is 36.4 Å². The minimum absolute atomic E-state index is 0.238. The van der Waals surface area contributed by atoms with Gasteiger partial charge in [0.15, 0.2) is 0 Å². The number of rotatable bonds is 2. The Kier molecular flexibility index (Phi) is 2.72. The van der Waals surface area contributed by atoms with Crippen LogP contribution in [0.3, 0.4) is 0 Å². The molecular weight excluding hydrogens is 240 g/mol. The zero-order valence-corrected chi connectivity index (χ0v) is 10.3. The smallest absolute Gasteiger partial charge is 0.273 e. The summed E-state index contributed by atoms with van der Waals surface area (Å²) in [7, 11) is 0. The normalized spacial score (nSPS) is 10.6. The summed E-state index contributed by atoms with van der Waals surface area (Å²) in [5.74, 6) is 0.340. The summed E-state index contributed by atoms with van der Waals surface area (Å²) >= 11 is 0. The third kappa shape index (κ3) is 2.18. The van der Waals surface area contributed by atoms with Crippen LogP contribution < -0.4 is 10.9 Å². The maximum Gasteiger partial charge on any atom is 0.273 e. The van der Waals surface area contributed by atoms with Crippen molar-refractivity contribution < 1.29 is 0 Å². The second-order valence-electron chi connectivity index (χ2n) is 4.24. The molecule has 0 atom stereocenters. The van der Waals surface area contributed by atoms with Crippen molar-refractivity contribution in [2.75, 3.05) is 5.32 Å². The van der Waals surface area contributed by atoms with Crippen molar-refractivity contribution in [3.05, 3.63) is 58.5 Å². The van der Waals surface area contributed by atoms with Crippen LogP contribution in [0, 0.1) is 6.92 Å². The molecule has 1 aromatic heterocycles. The highest BCUT2D eigenvalue weighted by atomic mass is 16.1. The molecule has 3 aromatic rings. The largest absolute Gasteiger partial charge is 0.324 e. The van der Waals surface area contributed by atoms with Gasteiger partial charge in [-0.05, 0) is 18.4 Å². The molecule has 0 amide bonds. The number of H-pyrrole nitrogens is 1. The van der Waals surface area contributed by atoms with Crippen LogP contribution in [0.25, 0.3) is 10.8 Å². The third-order valence-corrected chi connectivity index (χ3v) is 2.90. The first-order chi connectivity index (χ1) is 9.24. The van der Waals surface area contributed by atoms with Gasteiger partial charge in [-0.2, -0.15) is 0 Å². The molecule has 5 heteroatoms. The summed E-state index contributed by atoms with van der Waals surface area (Å²) < 4.78 is 0. The van der Waals surface area contributed by atoms with Gasteiger partial charge in [0.05, 0.1) is 0 Å². The molecule has 5 nitrogen and oxygen atoms in total. The van der Waals surface area contributed by atoms with E-state index >= 15 is 0 Å². The van der Waals surface area contributed by atoms with Crippen molar-refractivity contribution in [1.29, 1.82) is 0 Å². The number of nitrogens with one attached hydrogen (secondary N) is 2. The van der Waals surface area contributed by atoms with Crippen LogP contribution in [0.5, 0.6) is 0 Å². The Hall–Kier alpha value is -2.69. The molecule has 1 heterocycles. The highest BCUT2D eigenvalue weighted by molar-refractivity contribution is 5.94. The Bertz CT molecular complexity index is 789. The highest BCUT2D eigenvalue weighted by Crippen LogP contribution is 2.24. The van der Waals surface area contributed by atoms with E-state index in [1.165, 1.54) is 0 Å². The van der Waals surface area contributed by atoms with Crippen molar-refractivity contribution in [3.8, 4) is 0 Å². The second-order valence-corrected chi connectivity index (χ2v) is 4.24. The molecule has 2 aromatic carbocycles. The Morgan fingerprint density at radius 1 is 1.05 bits per heavy atom. The van der Waals surface area contributed by atoms with Gasteiger partial charge in [0.1, 0.15) is 5.69 Å².